The lowest BCUT2D eigenvalue weighted by Gasteiger charge is -2.17. The van der Waals surface area contributed by atoms with E-state index in [-0.39, 0.29) is 17.3 Å². The first-order valence-corrected chi connectivity index (χ1v) is 8.30. The molecule has 21 heavy (non-hydrogen) atoms. The van der Waals surface area contributed by atoms with Gasteiger partial charge in [0.2, 0.25) is 10.0 Å². The number of sulfonamides is 1. The van der Waals surface area contributed by atoms with Crippen LogP contribution in [-0.4, -0.2) is 19.8 Å². The van der Waals surface area contributed by atoms with Gasteiger partial charge in [0, 0.05) is 23.8 Å². The molecule has 0 spiro atoms. The fraction of sp³-hybridized carbons (Fsp3) is 0.143. The molecule has 0 bridgehead atoms. The normalized spacial score (nSPS) is 11.8. The van der Waals surface area contributed by atoms with E-state index in [9.17, 15) is 12.8 Å². The summed E-state index contributed by atoms with van der Waals surface area (Å²) in [7, 11) is -2.16. The van der Waals surface area contributed by atoms with Crippen molar-refractivity contribution in [3.8, 4) is 0 Å². The maximum atomic E-state index is 12.9. The van der Waals surface area contributed by atoms with Crippen molar-refractivity contribution < 1.29 is 12.8 Å². The van der Waals surface area contributed by atoms with Crippen molar-refractivity contribution in [2.75, 3.05) is 12.8 Å². The lowest BCUT2D eigenvalue weighted by molar-refractivity contribution is 0.466. The van der Waals surface area contributed by atoms with Crippen molar-refractivity contribution in [1.82, 2.24) is 4.31 Å². The molecule has 0 saturated carbocycles. The van der Waals surface area contributed by atoms with Crippen LogP contribution in [0.4, 0.5) is 10.1 Å². The molecule has 0 unspecified atom stereocenters. The van der Waals surface area contributed by atoms with Gasteiger partial charge in [-0.3, -0.25) is 0 Å². The molecule has 112 valence electrons. The summed E-state index contributed by atoms with van der Waals surface area (Å²) in [5.41, 5.74) is 6.83. The Hall–Kier alpha value is -1.44. The Balaban J connectivity index is 2.25. The van der Waals surface area contributed by atoms with E-state index in [0.717, 1.165) is 0 Å². The lowest BCUT2D eigenvalue weighted by Crippen LogP contribution is -2.26. The molecule has 2 N–H and O–H groups in total. The van der Waals surface area contributed by atoms with Gasteiger partial charge in [-0.1, -0.05) is 12.1 Å². The molecule has 0 saturated heterocycles. The molecule has 0 aliphatic carbocycles. The molecule has 4 nitrogen and oxygen atoms in total. The highest BCUT2D eigenvalue weighted by atomic mass is 79.9. The van der Waals surface area contributed by atoms with Gasteiger partial charge in [0.25, 0.3) is 0 Å². The maximum absolute atomic E-state index is 12.9. The van der Waals surface area contributed by atoms with Crippen LogP contribution in [0.2, 0.25) is 0 Å². The van der Waals surface area contributed by atoms with E-state index in [1.807, 2.05) is 0 Å². The molecule has 0 aliphatic heterocycles. The van der Waals surface area contributed by atoms with Gasteiger partial charge in [-0.25, -0.2) is 12.8 Å². The van der Waals surface area contributed by atoms with Gasteiger partial charge in [-0.15, -0.1) is 0 Å². The average molecular weight is 373 g/mol. The Bertz CT molecular complexity index is 748. The average Bonchev–Trinajstić information content (AvgIpc) is 2.44. The number of halogens is 2. The van der Waals surface area contributed by atoms with Crippen molar-refractivity contribution >= 4 is 31.6 Å². The van der Waals surface area contributed by atoms with E-state index in [1.165, 1.54) is 41.7 Å². The van der Waals surface area contributed by atoms with Gasteiger partial charge in [0.05, 0.1) is 4.90 Å². The van der Waals surface area contributed by atoms with Crippen molar-refractivity contribution in [2.45, 2.75) is 11.4 Å². The minimum Gasteiger partial charge on any atom is -0.398 e. The number of hydrogen-bond donors (Lipinski definition) is 1. The van der Waals surface area contributed by atoms with E-state index in [1.54, 1.807) is 12.1 Å². The summed E-state index contributed by atoms with van der Waals surface area (Å²) in [5, 5.41) is 0. The summed E-state index contributed by atoms with van der Waals surface area (Å²) in [6.07, 6.45) is 0. The zero-order valence-electron chi connectivity index (χ0n) is 11.3. The smallest absolute Gasteiger partial charge is 0.243 e. The predicted molar refractivity (Wildman–Crippen MR) is 83.6 cm³/mol. The monoisotopic (exact) mass is 372 g/mol. The van der Waals surface area contributed by atoms with Gasteiger partial charge in [0.15, 0.2) is 0 Å². The van der Waals surface area contributed by atoms with E-state index in [4.69, 9.17) is 5.73 Å². The highest BCUT2D eigenvalue weighted by molar-refractivity contribution is 9.10. The summed E-state index contributed by atoms with van der Waals surface area (Å²) < 4.78 is 39.5. The van der Waals surface area contributed by atoms with Crippen LogP contribution in [0.5, 0.6) is 0 Å². The van der Waals surface area contributed by atoms with Crippen molar-refractivity contribution in [3.05, 3.63) is 58.3 Å². The number of nitrogens with zero attached hydrogens (tertiary/aromatic N) is 1. The fourth-order valence-corrected chi connectivity index (χ4v) is 3.50. The number of nitrogen functional groups attached to an aromatic ring is 1. The predicted octanol–water partition coefficient (Wildman–Crippen LogP) is 2.99. The van der Waals surface area contributed by atoms with E-state index in [2.05, 4.69) is 15.9 Å². The summed E-state index contributed by atoms with van der Waals surface area (Å²) in [5.74, 6) is -0.355. The second-order valence-electron chi connectivity index (χ2n) is 4.57. The van der Waals surface area contributed by atoms with Crippen LogP contribution in [0.25, 0.3) is 0 Å². The third-order valence-corrected chi connectivity index (χ3v) is 5.48. The highest BCUT2D eigenvalue weighted by Gasteiger charge is 2.21. The molecule has 0 amide bonds. The number of benzene rings is 2. The molecule has 0 aliphatic rings. The Morgan fingerprint density at radius 3 is 2.38 bits per heavy atom. The van der Waals surface area contributed by atoms with Gasteiger partial charge in [-0.2, -0.15) is 4.31 Å². The third-order valence-electron chi connectivity index (χ3n) is 3.00. The van der Waals surface area contributed by atoms with Crippen molar-refractivity contribution in [2.24, 2.45) is 0 Å². The maximum Gasteiger partial charge on any atom is 0.243 e. The van der Waals surface area contributed by atoms with E-state index in [0.29, 0.717) is 15.7 Å². The number of anilines is 1. The molecular weight excluding hydrogens is 359 g/mol. The second kappa shape index (κ2) is 6.13. The first kappa shape index (κ1) is 15.9. The van der Waals surface area contributed by atoms with Gasteiger partial charge >= 0.3 is 0 Å². The fourth-order valence-electron chi connectivity index (χ4n) is 1.78. The molecule has 2 rings (SSSR count). The van der Waals surface area contributed by atoms with E-state index < -0.39 is 10.0 Å². The van der Waals surface area contributed by atoms with Gasteiger partial charge < -0.3 is 5.73 Å². The number of nitrogens with two attached hydrogens (primary N) is 1. The topological polar surface area (TPSA) is 63.4 Å². The van der Waals surface area contributed by atoms with Crippen LogP contribution in [-0.2, 0) is 16.6 Å². The van der Waals surface area contributed by atoms with Crippen LogP contribution in [0.3, 0.4) is 0 Å². The summed E-state index contributed by atoms with van der Waals surface area (Å²) in [4.78, 5) is 0.146. The van der Waals surface area contributed by atoms with Crippen molar-refractivity contribution in [3.63, 3.8) is 0 Å². The van der Waals surface area contributed by atoms with Crippen LogP contribution in [0.1, 0.15) is 5.56 Å². The molecule has 0 atom stereocenters. The minimum absolute atomic E-state index is 0.146. The van der Waals surface area contributed by atoms with Gasteiger partial charge in [-0.05, 0) is 51.8 Å². The van der Waals surface area contributed by atoms with Crippen LogP contribution < -0.4 is 5.73 Å². The van der Waals surface area contributed by atoms with Crippen LogP contribution in [0, 0.1) is 5.82 Å². The zero-order chi connectivity index (χ0) is 15.6. The standard InChI is InChI=1S/C14H14BrFN2O2S/c1-18(9-10-2-4-11(16)5-3-10)21(19,20)12-6-7-14(17)13(15)8-12/h2-8H,9,17H2,1H3. The zero-order valence-corrected chi connectivity index (χ0v) is 13.7. The first-order chi connectivity index (χ1) is 9.80. The Morgan fingerprint density at radius 2 is 1.81 bits per heavy atom. The number of hydrogen-bond acceptors (Lipinski definition) is 3. The largest absolute Gasteiger partial charge is 0.398 e. The highest BCUT2D eigenvalue weighted by Crippen LogP contribution is 2.25. The third kappa shape index (κ3) is 3.61. The lowest BCUT2D eigenvalue weighted by atomic mass is 10.2. The number of rotatable bonds is 4. The second-order valence-corrected chi connectivity index (χ2v) is 7.47. The van der Waals surface area contributed by atoms with E-state index >= 15 is 0 Å². The summed E-state index contributed by atoms with van der Waals surface area (Å²) >= 11 is 3.21. The molecule has 0 aromatic heterocycles. The SMILES string of the molecule is CN(Cc1ccc(F)cc1)S(=O)(=O)c1ccc(N)c(Br)c1. The first-order valence-electron chi connectivity index (χ1n) is 6.06. The molecule has 0 radical (unpaired) electrons. The van der Waals surface area contributed by atoms with Gasteiger partial charge in [0.1, 0.15) is 5.82 Å². The Labute approximate surface area is 131 Å². The van der Waals surface area contributed by atoms with Crippen LogP contribution >= 0.6 is 15.9 Å². The quantitative estimate of drug-likeness (QED) is 0.839. The molecule has 0 heterocycles. The summed E-state index contributed by atoms with van der Waals surface area (Å²) in [6, 6.07) is 10.2. The molecule has 7 heteroatoms. The molecule has 2 aromatic rings. The summed E-state index contributed by atoms with van der Waals surface area (Å²) in [6.45, 7) is 0.157. The molecular formula is C14H14BrFN2O2S. The Kier molecular flexibility index (Phi) is 4.65. The minimum atomic E-state index is -3.63. The Morgan fingerprint density at radius 1 is 1.19 bits per heavy atom. The van der Waals surface area contributed by atoms with Crippen LogP contribution in [0.15, 0.2) is 51.8 Å². The van der Waals surface area contributed by atoms with Crippen molar-refractivity contribution in [1.29, 1.82) is 0 Å². The molecule has 2 aromatic carbocycles. The molecule has 0 fully saturated rings.